The molecule has 25 heavy (non-hydrogen) atoms. The molecule has 5 nitrogen and oxygen atoms in total. The first-order valence-electron chi connectivity index (χ1n) is 9.10. The van der Waals surface area contributed by atoms with Gasteiger partial charge in [-0.3, -0.25) is 4.79 Å². The van der Waals surface area contributed by atoms with E-state index >= 15 is 0 Å². The van der Waals surface area contributed by atoms with Crippen molar-refractivity contribution in [1.82, 2.24) is 5.32 Å². The Labute approximate surface area is 176 Å². The van der Waals surface area contributed by atoms with Gasteiger partial charge in [-0.25, -0.2) is 8.42 Å². The maximum absolute atomic E-state index is 11.5. The number of rotatable bonds is 15. The van der Waals surface area contributed by atoms with Gasteiger partial charge >= 0.3 is 29.6 Å². The fraction of sp³-hybridized carbons (Fsp3) is 0.833. The Hall–Kier alpha value is 0.120. The van der Waals surface area contributed by atoms with Crippen LogP contribution in [-0.4, -0.2) is 30.2 Å². The molecule has 0 aliphatic heterocycles. The number of carbonyl (C=O) groups is 1. The molecule has 1 N–H and O–H groups in total. The van der Waals surface area contributed by atoms with E-state index in [1.165, 1.54) is 44.9 Å². The van der Waals surface area contributed by atoms with Crippen LogP contribution >= 0.6 is 0 Å². The summed E-state index contributed by atoms with van der Waals surface area (Å²) >= 11 is 0. The second-order valence-electron chi connectivity index (χ2n) is 6.89. The van der Waals surface area contributed by atoms with Crippen LogP contribution in [-0.2, 0) is 14.9 Å². The van der Waals surface area contributed by atoms with Crippen molar-refractivity contribution in [3.05, 3.63) is 12.7 Å². The van der Waals surface area contributed by atoms with E-state index in [1.807, 2.05) is 0 Å². The van der Waals surface area contributed by atoms with E-state index in [4.69, 9.17) is 0 Å². The third-order valence-electron chi connectivity index (χ3n) is 4.19. The van der Waals surface area contributed by atoms with Crippen molar-refractivity contribution in [2.75, 3.05) is 5.75 Å². The molecule has 0 radical (unpaired) electrons. The van der Waals surface area contributed by atoms with Crippen molar-refractivity contribution in [2.45, 2.75) is 90.0 Å². The molecule has 0 bridgehead atoms. The fourth-order valence-corrected chi connectivity index (χ4v) is 3.91. The van der Waals surface area contributed by atoms with E-state index in [0.717, 1.165) is 25.3 Å². The zero-order chi connectivity index (χ0) is 18.5. The number of hydrogen-bond acceptors (Lipinski definition) is 4. The van der Waals surface area contributed by atoms with Gasteiger partial charge in [0.2, 0.25) is 5.91 Å². The summed E-state index contributed by atoms with van der Waals surface area (Å²) < 4.78 is 33.2. The van der Waals surface area contributed by atoms with E-state index in [1.54, 1.807) is 6.92 Å². The molecular weight excluding hydrogens is 349 g/mol. The normalized spacial score (nSPS) is 13.6. The molecule has 142 valence electrons. The standard InChI is InChI=1S/C18H35NO4S.Na/c1-4-6-7-8-9-10-11-12-13-14-15-18(3,16-24(21,22)23)19-17(20)5-2;/h5H,2,4,6-16H2,1,3H3,(H,19,20)(H,21,22,23);/q;+1/p-1. The van der Waals surface area contributed by atoms with Crippen LogP contribution in [0.4, 0.5) is 0 Å². The molecule has 0 rings (SSSR count). The molecule has 0 aliphatic carbocycles. The van der Waals surface area contributed by atoms with E-state index in [0.29, 0.717) is 6.42 Å². The van der Waals surface area contributed by atoms with Crippen molar-refractivity contribution in [3.63, 3.8) is 0 Å². The quantitative estimate of drug-likeness (QED) is 0.197. The van der Waals surface area contributed by atoms with Crippen LogP contribution < -0.4 is 34.9 Å². The molecule has 1 unspecified atom stereocenters. The molecule has 1 amide bonds. The zero-order valence-corrected chi connectivity index (χ0v) is 19.1. The van der Waals surface area contributed by atoms with Gasteiger partial charge in [0.1, 0.15) is 0 Å². The number of nitrogens with one attached hydrogen (secondary N) is 1. The van der Waals surface area contributed by atoms with Gasteiger partial charge in [-0.2, -0.15) is 0 Å². The summed E-state index contributed by atoms with van der Waals surface area (Å²) in [4.78, 5) is 11.5. The molecule has 0 fully saturated rings. The van der Waals surface area contributed by atoms with Crippen LogP contribution in [0.2, 0.25) is 0 Å². The van der Waals surface area contributed by atoms with Crippen LogP contribution in [0, 0.1) is 0 Å². The number of carbonyl (C=O) groups excluding carboxylic acids is 1. The zero-order valence-electron chi connectivity index (χ0n) is 16.3. The predicted molar refractivity (Wildman–Crippen MR) is 97.8 cm³/mol. The second-order valence-corrected chi connectivity index (χ2v) is 8.29. The summed E-state index contributed by atoms with van der Waals surface area (Å²) in [6, 6.07) is 0. The molecule has 0 aromatic carbocycles. The molecule has 0 saturated carbocycles. The Morgan fingerprint density at radius 2 is 1.48 bits per heavy atom. The first-order valence-corrected chi connectivity index (χ1v) is 10.7. The van der Waals surface area contributed by atoms with Crippen molar-refractivity contribution in [2.24, 2.45) is 0 Å². The van der Waals surface area contributed by atoms with E-state index in [2.05, 4.69) is 18.8 Å². The topological polar surface area (TPSA) is 86.3 Å². The molecule has 0 aromatic heterocycles. The largest absolute Gasteiger partial charge is 1.00 e. The third-order valence-corrected chi connectivity index (χ3v) is 5.18. The smallest absolute Gasteiger partial charge is 0.748 e. The minimum Gasteiger partial charge on any atom is -0.748 e. The predicted octanol–water partition coefficient (Wildman–Crippen LogP) is 0.908. The monoisotopic (exact) mass is 383 g/mol. The maximum Gasteiger partial charge on any atom is 1.00 e. The van der Waals surface area contributed by atoms with Crippen LogP contribution in [0.5, 0.6) is 0 Å². The molecule has 0 aromatic rings. The molecule has 0 aliphatic rings. The van der Waals surface area contributed by atoms with E-state index < -0.39 is 27.3 Å². The second kappa shape index (κ2) is 15.2. The maximum atomic E-state index is 11.5. The van der Waals surface area contributed by atoms with Crippen LogP contribution in [0.15, 0.2) is 12.7 Å². The van der Waals surface area contributed by atoms with Gasteiger partial charge in [0.05, 0.1) is 21.4 Å². The third kappa shape index (κ3) is 17.3. The summed E-state index contributed by atoms with van der Waals surface area (Å²) in [5, 5.41) is 2.59. The van der Waals surface area contributed by atoms with Crippen molar-refractivity contribution in [3.8, 4) is 0 Å². The molecule has 0 saturated heterocycles. The number of amides is 1. The molecular formula is C18H34NNaO4S. The molecule has 0 spiro atoms. The number of hydrogen-bond donors (Lipinski definition) is 1. The average Bonchev–Trinajstić information content (AvgIpc) is 2.47. The van der Waals surface area contributed by atoms with Crippen molar-refractivity contribution >= 4 is 16.0 Å². The Bertz CT molecular complexity index is 468. The minimum atomic E-state index is -4.40. The Morgan fingerprint density at radius 1 is 1.04 bits per heavy atom. The van der Waals surface area contributed by atoms with Gasteiger partial charge in [-0.15, -0.1) is 0 Å². The molecule has 0 heterocycles. The first-order chi connectivity index (χ1) is 11.2. The summed E-state index contributed by atoms with van der Waals surface area (Å²) in [5.41, 5.74) is -1.02. The Balaban J connectivity index is 0. The summed E-state index contributed by atoms with van der Waals surface area (Å²) in [6.45, 7) is 7.18. The first kappa shape index (κ1) is 27.3. The molecule has 1 atom stereocenters. The van der Waals surface area contributed by atoms with E-state index in [9.17, 15) is 17.8 Å². The summed E-state index contributed by atoms with van der Waals surface area (Å²) in [5.74, 6) is -1.04. The minimum absolute atomic E-state index is 0. The Morgan fingerprint density at radius 3 is 1.88 bits per heavy atom. The van der Waals surface area contributed by atoms with Crippen LogP contribution in [0.25, 0.3) is 0 Å². The van der Waals surface area contributed by atoms with Crippen LogP contribution in [0.3, 0.4) is 0 Å². The summed E-state index contributed by atoms with van der Waals surface area (Å²) in [6.07, 6.45) is 13.3. The van der Waals surface area contributed by atoms with Gasteiger partial charge in [0.25, 0.3) is 0 Å². The number of unbranched alkanes of at least 4 members (excludes halogenated alkanes) is 9. The Kier molecular flexibility index (Phi) is 16.6. The fourth-order valence-electron chi connectivity index (χ4n) is 2.91. The van der Waals surface area contributed by atoms with Gasteiger partial charge in [-0.1, -0.05) is 77.7 Å². The SMILES string of the molecule is C=CC(=O)NC(C)(CCCCCCCCCCCC)CS(=O)(=O)[O-].[Na+]. The van der Waals surface area contributed by atoms with Crippen molar-refractivity contribution < 1.29 is 47.3 Å². The van der Waals surface area contributed by atoms with Crippen molar-refractivity contribution in [1.29, 1.82) is 0 Å². The molecule has 7 heteroatoms. The van der Waals surface area contributed by atoms with Crippen LogP contribution in [0.1, 0.15) is 84.5 Å². The van der Waals surface area contributed by atoms with Gasteiger partial charge in [0, 0.05) is 0 Å². The van der Waals surface area contributed by atoms with Gasteiger partial charge in [0.15, 0.2) is 0 Å². The summed E-state index contributed by atoms with van der Waals surface area (Å²) in [7, 11) is -4.40. The van der Waals surface area contributed by atoms with Gasteiger partial charge < -0.3 is 9.87 Å². The van der Waals surface area contributed by atoms with Gasteiger partial charge in [-0.05, 0) is 19.4 Å². The van der Waals surface area contributed by atoms with E-state index in [-0.39, 0.29) is 29.6 Å². The average molecular weight is 384 g/mol.